The minimum absolute atomic E-state index is 0.0146. The molecule has 27 heavy (non-hydrogen) atoms. The van der Waals surface area contributed by atoms with Crippen LogP contribution in [0.15, 0.2) is 0 Å². The summed E-state index contributed by atoms with van der Waals surface area (Å²) in [6.45, 7) is -0.0293. The van der Waals surface area contributed by atoms with E-state index in [2.05, 4.69) is 4.74 Å². The van der Waals surface area contributed by atoms with Crippen LogP contribution in [-0.2, 0) is 29.1 Å². The Bertz CT molecular complexity index is 710. The number of esters is 1. The minimum atomic E-state index is -7.04. The van der Waals surface area contributed by atoms with Crippen LogP contribution in [0.3, 0.4) is 0 Å². The molecule has 3 rings (SSSR count). The molecule has 0 aromatic carbocycles. The summed E-state index contributed by atoms with van der Waals surface area (Å²) in [4.78, 5) is 12.1. The number of alkyl halides is 6. The molecule has 1 spiro atoms. The molecule has 3 unspecified atom stereocenters. The van der Waals surface area contributed by atoms with Crippen LogP contribution in [-0.4, -0.2) is 61.1 Å². The Morgan fingerprint density at radius 2 is 1.56 bits per heavy atom. The smallest absolute Gasteiger partial charge is 0.430 e. The molecule has 0 amide bonds. The predicted octanol–water partition coefficient (Wildman–Crippen LogP) is 1.82. The van der Waals surface area contributed by atoms with Crippen molar-refractivity contribution >= 4 is 16.1 Å². The molecule has 3 atom stereocenters. The van der Waals surface area contributed by atoms with Crippen LogP contribution in [0.4, 0.5) is 26.3 Å². The van der Waals surface area contributed by atoms with Crippen LogP contribution in [0.25, 0.3) is 0 Å². The molecular formula is C13H14F6O7S. The molecule has 1 aliphatic heterocycles. The fourth-order valence-electron chi connectivity index (χ4n) is 4.23. The second-order valence-electron chi connectivity index (χ2n) is 6.67. The van der Waals surface area contributed by atoms with Crippen LogP contribution in [0.1, 0.15) is 19.3 Å². The highest BCUT2D eigenvalue weighted by Crippen LogP contribution is 2.57. The maximum absolute atomic E-state index is 13.2. The average molecular weight is 428 g/mol. The zero-order chi connectivity index (χ0) is 20.5. The van der Waals surface area contributed by atoms with E-state index in [1.54, 1.807) is 0 Å². The standard InChI is InChI=1S/C13H14F6O7S/c14-12(15,16)11(13(17,18)19,27(21,22)23)9(20)26-8-6-1-2-7(5-6)10(8)24-3-4-25-10/h6-8H,1-5H2,(H,21,22,23). The number of ether oxygens (including phenoxy) is 3. The molecule has 3 aliphatic rings. The second-order valence-corrected chi connectivity index (χ2v) is 8.23. The van der Waals surface area contributed by atoms with Gasteiger partial charge in [0.15, 0.2) is 6.10 Å². The van der Waals surface area contributed by atoms with Gasteiger partial charge in [-0.25, -0.2) is 4.79 Å². The van der Waals surface area contributed by atoms with Crippen molar-refractivity contribution in [3.05, 3.63) is 0 Å². The SMILES string of the molecule is O=C(OC1C2CCC(C2)C12OCCO2)C(C(F)(F)F)(C(F)(F)F)S(=O)(=O)O. The third-order valence-electron chi connectivity index (χ3n) is 5.31. The van der Waals surface area contributed by atoms with E-state index in [0.717, 1.165) is 0 Å². The van der Waals surface area contributed by atoms with Crippen LogP contribution >= 0.6 is 0 Å². The number of hydrogen-bond acceptors (Lipinski definition) is 6. The minimum Gasteiger partial charge on any atom is -0.455 e. The molecular weight excluding hydrogens is 414 g/mol. The average Bonchev–Trinajstić information content (AvgIpc) is 3.14. The molecule has 2 bridgehead atoms. The largest absolute Gasteiger partial charge is 0.455 e. The molecule has 2 aliphatic carbocycles. The van der Waals surface area contributed by atoms with Gasteiger partial charge in [0.05, 0.1) is 13.2 Å². The number of hydrogen-bond donors (Lipinski definition) is 1. The summed E-state index contributed by atoms with van der Waals surface area (Å²) in [5, 5.41) is 0. The predicted molar refractivity (Wildman–Crippen MR) is 71.7 cm³/mol. The van der Waals surface area contributed by atoms with Crippen molar-refractivity contribution in [3.8, 4) is 0 Å². The number of carbonyl (C=O) groups excluding carboxylic acids is 1. The van der Waals surface area contributed by atoms with Gasteiger partial charge < -0.3 is 14.2 Å². The van der Waals surface area contributed by atoms with Gasteiger partial charge in [-0.15, -0.1) is 0 Å². The van der Waals surface area contributed by atoms with E-state index in [9.17, 15) is 39.6 Å². The lowest BCUT2D eigenvalue weighted by atomic mass is 9.91. The Kier molecular flexibility index (Phi) is 4.53. The molecule has 0 aromatic heterocycles. The van der Waals surface area contributed by atoms with Gasteiger partial charge in [0.1, 0.15) is 0 Å². The fraction of sp³-hybridized carbons (Fsp3) is 0.923. The van der Waals surface area contributed by atoms with Crippen molar-refractivity contribution in [1.82, 2.24) is 0 Å². The van der Waals surface area contributed by atoms with Gasteiger partial charge in [0.2, 0.25) is 5.79 Å². The van der Waals surface area contributed by atoms with E-state index in [-0.39, 0.29) is 19.6 Å². The van der Waals surface area contributed by atoms with Crippen molar-refractivity contribution < 1.29 is 58.3 Å². The van der Waals surface area contributed by atoms with E-state index in [4.69, 9.17) is 14.0 Å². The van der Waals surface area contributed by atoms with E-state index in [1.807, 2.05) is 0 Å². The highest BCUT2D eigenvalue weighted by atomic mass is 32.2. The van der Waals surface area contributed by atoms with E-state index < -0.39 is 56.9 Å². The number of fused-ring (bicyclic) bond motifs is 3. The summed E-state index contributed by atoms with van der Waals surface area (Å²) < 4.78 is 120. The molecule has 0 radical (unpaired) electrons. The molecule has 1 saturated heterocycles. The summed E-state index contributed by atoms with van der Waals surface area (Å²) in [6.07, 6.45) is -14.0. The van der Waals surface area contributed by atoms with Crippen molar-refractivity contribution in [1.29, 1.82) is 0 Å². The van der Waals surface area contributed by atoms with Gasteiger partial charge in [0.25, 0.3) is 0 Å². The van der Waals surface area contributed by atoms with Crippen molar-refractivity contribution in [2.45, 2.75) is 48.3 Å². The van der Waals surface area contributed by atoms with Crippen LogP contribution < -0.4 is 0 Å². The zero-order valence-corrected chi connectivity index (χ0v) is 14.2. The van der Waals surface area contributed by atoms with Gasteiger partial charge in [-0.1, -0.05) is 0 Å². The van der Waals surface area contributed by atoms with Crippen LogP contribution in [0.5, 0.6) is 0 Å². The number of halogens is 6. The van der Waals surface area contributed by atoms with Crippen molar-refractivity contribution in [2.24, 2.45) is 11.8 Å². The molecule has 0 aromatic rings. The van der Waals surface area contributed by atoms with E-state index in [1.165, 1.54) is 0 Å². The molecule has 7 nitrogen and oxygen atoms in total. The highest BCUT2D eigenvalue weighted by Gasteiger charge is 2.85. The molecule has 1 heterocycles. The highest BCUT2D eigenvalue weighted by molar-refractivity contribution is 7.88. The lowest BCUT2D eigenvalue weighted by molar-refractivity contribution is -0.285. The molecule has 1 N–H and O–H groups in total. The Labute approximate surface area is 148 Å². The first-order valence-electron chi connectivity index (χ1n) is 7.78. The maximum Gasteiger partial charge on any atom is 0.430 e. The Morgan fingerprint density at radius 3 is 2.00 bits per heavy atom. The third-order valence-corrected chi connectivity index (χ3v) is 6.72. The number of rotatable bonds is 3. The Balaban J connectivity index is 2.04. The monoisotopic (exact) mass is 428 g/mol. The normalized spacial score (nSPS) is 30.9. The topological polar surface area (TPSA) is 99.1 Å². The number of carbonyl (C=O) groups is 1. The second kappa shape index (κ2) is 5.94. The first-order valence-corrected chi connectivity index (χ1v) is 9.22. The first kappa shape index (κ1) is 20.6. The summed E-state index contributed by atoms with van der Waals surface area (Å²) >= 11 is 0. The van der Waals surface area contributed by atoms with Crippen molar-refractivity contribution in [3.63, 3.8) is 0 Å². The molecule has 3 fully saturated rings. The van der Waals surface area contributed by atoms with E-state index >= 15 is 0 Å². The summed E-state index contributed by atoms with van der Waals surface area (Å²) in [5.41, 5.74) is 0. The molecule has 14 heteroatoms. The lowest BCUT2D eigenvalue weighted by Crippen LogP contribution is -2.68. The van der Waals surface area contributed by atoms with Gasteiger partial charge in [-0.3, -0.25) is 4.55 Å². The third kappa shape index (κ3) is 2.67. The summed E-state index contributed by atoms with van der Waals surface area (Å²) in [6, 6.07) is 0. The summed E-state index contributed by atoms with van der Waals surface area (Å²) in [5.74, 6) is -5.96. The zero-order valence-electron chi connectivity index (χ0n) is 13.3. The molecule has 2 saturated carbocycles. The van der Waals surface area contributed by atoms with Gasteiger partial charge in [0, 0.05) is 11.8 Å². The fourth-order valence-corrected chi connectivity index (χ4v) is 5.07. The first-order chi connectivity index (χ1) is 12.2. The van der Waals surface area contributed by atoms with Gasteiger partial charge in [-0.05, 0) is 19.3 Å². The van der Waals surface area contributed by atoms with Crippen LogP contribution in [0.2, 0.25) is 0 Å². The lowest BCUT2D eigenvalue weighted by Gasteiger charge is -2.40. The Morgan fingerprint density at radius 1 is 1.04 bits per heavy atom. The summed E-state index contributed by atoms with van der Waals surface area (Å²) in [7, 11) is -7.04. The van der Waals surface area contributed by atoms with Crippen LogP contribution in [0, 0.1) is 11.8 Å². The molecule has 156 valence electrons. The maximum atomic E-state index is 13.2. The quantitative estimate of drug-likeness (QED) is 0.416. The van der Waals surface area contributed by atoms with Gasteiger partial charge in [-0.2, -0.15) is 34.8 Å². The van der Waals surface area contributed by atoms with E-state index in [0.29, 0.717) is 12.8 Å². The van der Waals surface area contributed by atoms with Gasteiger partial charge >= 0.3 is 33.2 Å². The van der Waals surface area contributed by atoms with Crippen molar-refractivity contribution in [2.75, 3.05) is 13.2 Å². The Hall–Kier alpha value is -1.12.